The number of anilines is 1. The minimum Gasteiger partial charge on any atom is -0.480 e. The molecule has 0 aliphatic carbocycles. The first-order chi connectivity index (χ1) is 11.3. The van der Waals surface area contributed by atoms with Gasteiger partial charge in [0.25, 0.3) is 11.8 Å². The first-order valence-electron chi connectivity index (χ1n) is 7.42. The summed E-state index contributed by atoms with van der Waals surface area (Å²) < 4.78 is 6.77. The number of hydrogen-bond acceptors (Lipinski definition) is 3. The van der Waals surface area contributed by atoms with Crippen LogP contribution in [-0.2, 0) is 4.79 Å². The zero-order valence-electron chi connectivity index (χ0n) is 13.7. The van der Waals surface area contributed by atoms with Crippen molar-refractivity contribution >= 4 is 33.4 Å². The number of rotatable bonds is 5. The van der Waals surface area contributed by atoms with E-state index in [4.69, 9.17) is 10.5 Å². The smallest absolute Gasteiger partial charge is 0.265 e. The van der Waals surface area contributed by atoms with Crippen molar-refractivity contribution < 1.29 is 14.3 Å². The molecule has 126 valence electrons. The average Bonchev–Trinajstić information content (AvgIpc) is 2.50. The van der Waals surface area contributed by atoms with E-state index in [1.165, 1.54) is 0 Å². The van der Waals surface area contributed by atoms with E-state index < -0.39 is 12.0 Å². The van der Waals surface area contributed by atoms with E-state index in [1.807, 2.05) is 26.0 Å². The van der Waals surface area contributed by atoms with Gasteiger partial charge in [0.1, 0.15) is 5.75 Å². The molecular weight excluding hydrogens is 372 g/mol. The Bertz CT molecular complexity index is 767. The number of ether oxygens (including phenoxy) is 1. The van der Waals surface area contributed by atoms with Gasteiger partial charge >= 0.3 is 0 Å². The number of amides is 2. The molecule has 0 spiro atoms. The molecule has 0 heterocycles. The molecule has 1 unspecified atom stereocenters. The molecule has 0 fully saturated rings. The van der Waals surface area contributed by atoms with Gasteiger partial charge in [0.05, 0.1) is 11.3 Å². The number of primary amides is 1. The van der Waals surface area contributed by atoms with Gasteiger partial charge in [-0.1, -0.05) is 28.1 Å². The van der Waals surface area contributed by atoms with Gasteiger partial charge in [0, 0.05) is 4.47 Å². The molecule has 6 heteroatoms. The van der Waals surface area contributed by atoms with E-state index in [-0.39, 0.29) is 11.5 Å². The third-order valence-corrected chi connectivity index (χ3v) is 4.00. The van der Waals surface area contributed by atoms with E-state index in [0.717, 1.165) is 15.6 Å². The molecule has 24 heavy (non-hydrogen) atoms. The van der Waals surface area contributed by atoms with Gasteiger partial charge in [-0.3, -0.25) is 9.59 Å². The van der Waals surface area contributed by atoms with Crippen molar-refractivity contribution in [3.63, 3.8) is 0 Å². The summed E-state index contributed by atoms with van der Waals surface area (Å²) >= 11 is 3.43. The first-order valence-corrected chi connectivity index (χ1v) is 8.22. The quantitative estimate of drug-likeness (QED) is 0.818. The Morgan fingerprint density at radius 1 is 1.17 bits per heavy atom. The predicted octanol–water partition coefficient (Wildman–Crippen LogP) is 3.57. The van der Waals surface area contributed by atoms with Gasteiger partial charge in [-0.15, -0.1) is 0 Å². The zero-order chi connectivity index (χ0) is 17.9. The lowest BCUT2D eigenvalue weighted by molar-refractivity contribution is -0.122. The summed E-state index contributed by atoms with van der Waals surface area (Å²) in [5.74, 6) is -0.284. The van der Waals surface area contributed by atoms with Crippen LogP contribution in [0.3, 0.4) is 0 Å². The molecule has 0 aliphatic rings. The number of carbonyl (C=O) groups excluding carboxylic acids is 2. The van der Waals surface area contributed by atoms with Crippen molar-refractivity contribution in [1.82, 2.24) is 0 Å². The van der Waals surface area contributed by atoms with Crippen LogP contribution in [0.5, 0.6) is 5.75 Å². The Balaban J connectivity index is 2.16. The molecule has 1 atom stereocenters. The molecular formula is C18H19BrN2O3. The van der Waals surface area contributed by atoms with Crippen molar-refractivity contribution in [1.29, 1.82) is 0 Å². The van der Waals surface area contributed by atoms with Crippen LogP contribution in [-0.4, -0.2) is 17.9 Å². The highest BCUT2D eigenvalue weighted by atomic mass is 79.9. The van der Waals surface area contributed by atoms with Crippen LogP contribution in [0.4, 0.5) is 5.69 Å². The summed E-state index contributed by atoms with van der Waals surface area (Å²) in [6, 6.07) is 10.4. The lowest BCUT2D eigenvalue weighted by atomic mass is 10.1. The highest BCUT2D eigenvalue weighted by molar-refractivity contribution is 9.10. The van der Waals surface area contributed by atoms with Crippen molar-refractivity contribution in [3.8, 4) is 5.75 Å². The van der Waals surface area contributed by atoms with E-state index >= 15 is 0 Å². The molecule has 2 amide bonds. The van der Waals surface area contributed by atoms with Crippen molar-refractivity contribution in [2.75, 3.05) is 5.32 Å². The maximum atomic E-state index is 12.4. The number of para-hydroxylation sites is 1. The third kappa shape index (κ3) is 4.14. The lowest BCUT2D eigenvalue weighted by Crippen LogP contribution is -2.31. The van der Waals surface area contributed by atoms with E-state index in [1.54, 1.807) is 31.2 Å². The number of carbonyl (C=O) groups is 2. The Hall–Kier alpha value is -2.34. The summed E-state index contributed by atoms with van der Waals surface area (Å²) in [5, 5.41) is 2.69. The maximum absolute atomic E-state index is 12.4. The van der Waals surface area contributed by atoms with Crippen LogP contribution in [0.25, 0.3) is 0 Å². The standard InChI is InChI=1S/C18H19BrN2O3/c1-10-8-13(19)9-11(2)16(10)24-12(3)18(23)21-15-7-5-4-6-14(15)17(20)22/h4-9,12H,1-3H3,(H2,20,22)(H,21,23). The number of hydrogen-bond donors (Lipinski definition) is 2. The normalized spacial score (nSPS) is 11.7. The van der Waals surface area contributed by atoms with Gasteiger partial charge in [-0.05, 0) is 56.2 Å². The van der Waals surface area contributed by atoms with Crippen LogP contribution < -0.4 is 15.8 Å². The Morgan fingerprint density at radius 3 is 2.33 bits per heavy atom. The summed E-state index contributed by atoms with van der Waals surface area (Å²) in [5.41, 5.74) is 7.81. The van der Waals surface area contributed by atoms with Gasteiger partial charge < -0.3 is 15.8 Å². The monoisotopic (exact) mass is 390 g/mol. The summed E-state index contributed by atoms with van der Waals surface area (Å²) in [6.07, 6.45) is -0.732. The fourth-order valence-corrected chi connectivity index (χ4v) is 3.04. The average molecular weight is 391 g/mol. The Kier molecular flexibility index (Phi) is 5.62. The van der Waals surface area contributed by atoms with Crippen LogP contribution in [0.2, 0.25) is 0 Å². The van der Waals surface area contributed by atoms with Gasteiger partial charge in [0.2, 0.25) is 0 Å². The fourth-order valence-electron chi connectivity index (χ4n) is 2.35. The summed E-state index contributed by atoms with van der Waals surface area (Å²) in [6.45, 7) is 5.49. The van der Waals surface area contributed by atoms with Crippen LogP contribution >= 0.6 is 15.9 Å². The van der Waals surface area contributed by atoms with Crippen LogP contribution in [0.15, 0.2) is 40.9 Å². The number of nitrogens with two attached hydrogens (primary N) is 1. The van der Waals surface area contributed by atoms with E-state index in [0.29, 0.717) is 11.4 Å². The largest absolute Gasteiger partial charge is 0.480 e. The third-order valence-electron chi connectivity index (χ3n) is 3.54. The van der Waals surface area contributed by atoms with E-state index in [9.17, 15) is 9.59 Å². The maximum Gasteiger partial charge on any atom is 0.265 e. The molecule has 3 N–H and O–H groups in total. The van der Waals surface area contributed by atoms with Gasteiger partial charge in [0.15, 0.2) is 6.10 Å². The van der Waals surface area contributed by atoms with E-state index in [2.05, 4.69) is 21.2 Å². The molecule has 2 aromatic carbocycles. The highest BCUT2D eigenvalue weighted by Crippen LogP contribution is 2.28. The first kappa shape index (κ1) is 18.0. The molecule has 0 saturated carbocycles. The van der Waals surface area contributed by atoms with Crippen LogP contribution in [0.1, 0.15) is 28.4 Å². The predicted molar refractivity (Wildman–Crippen MR) is 97.3 cm³/mol. The minimum absolute atomic E-state index is 0.258. The Labute approximate surface area is 149 Å². The van der Waals surface area contributed by atoms with Crippen molar-refractivity contribution in [3.05, 3.63) is 57.6 Å². The van der Waals surface area contributed by atoms with Crippen molar-refractivity contribution in [2.24, 2.45) is 5.73 Å². The molecule has 2 aromatic rings. The molecule has 5 nitrogen and oxygen atoms in total. The zero-order valence-corrected chi connectivity index (χ0v) is 15.3. The summed E-state index contributed by atoms with van der Waals surface area (Å²) in [7, 11) is 0. The van der Waals surface area contributed by atoms with Gasteiger partial charge in [-0.2, -0.15) is 0 Å². The second kappa shape index (κ2) is 7.49. The van der Waals surface area contributed by atoms with Crippen molar-refractivity contribution in [2.45, 2.75) is 26.9 Å². The number of aryl methyl sites for hydroxylation is 2. The summed E-state index contributed by atoms with van der Waals surface area (Å²) in [4.78, 5) is 23.8. The van der Waals surface area contributed by atoms with Gasteiger partial charge in [-0.25, -0.2) is 0 Å². The second-order valence-electron chi connectivity index (χ2n) is 5.53. The molecule has 2 rings (SSSR count). The molecule has 0 aliphatic heterocycles. The number of benzene rings is 2. The number of nitrogens with one attached hydrogen (secondary N) is 1. The molecule has 0 radical (unpaired) electrons. The second-order valence-corrected chi connectivity index (χ2v) is 6.44. The highest BCUT2D eigenvalue weighted by Gasteiger charge is 2.19. The number of halogens is 1. The fraction of sp³-hybridized carbons (Fsp3) is 0.222. The molecule has 0 bridgehead atoms. The topological polar surface area (TPSA) is 81.4 Å². The SMILES string of the molecule is Cc1cc(Br)cc(C)c1OC(C)C(=O)Nc1ccccc1C(N)=O. The molecule has 0 aromatic heterocycles. The Morgan fingerprint density at radius 2 is 1.75 bits per heavy atom. The van der Waals surface area contributed by atoms with Crippen LogP contribution in [0, 0.1) is 13.8 Å². The minimum atomic E-state index is -0.732. The lowest BCUT2D eigenvalue weighted by Gasteiger charge is -2.19. The molecule has 0 saturated heterocycles.